The highest BCUT2D eigenvalue weighted by Crippen LogP contribution is 2.33. The molecule has 2 aliphatic heterocycles. The lowest BCUT2D eigenvalue weighted by Crippen LogP contribution is -2.63. The molecule has 2 atom stereocenters. The van der Waals surface area contributed by atoms with E-state index in [2.05, 4.69) is 0 Å². The van der Waals surface area contributed by atoms with E-state index in [-0.39, 0.29) is 17.5 Å². The molecule has 0 saturated carbocycles. The maximum absolute atomic E-state index is 14.2. The Morgan fingerprint density at radius 2 is 2.05 bits per heavy atom. The van der Waals surface area contributed by atoms with Crippen molar-refractivity contribution in [3.63, 3.8) is 0 Å². The van der Waals surface area contributed by atoms with E-state index >= 15 is 0 Å². The number of carbonyl (C=O) groups excluding carboxylic acids is 2. The van der Waals surface area contributed by atoms with Crippen molar-refractivity contribution >= 4 is 17.5 Å². The summed E-state index contributed by atoms with van der Waals surface area (Å²) in [5, 5.41) is 0. The third-order valence-corrected chi connectivity index (χ3v) is 4.40. The highest BCUT2D eigenvalue weighted by molar-refractivity contribution is 6.08. The Morgan fingerprint density at radius 3 is 2.76 bits per heavy atom. The molecule has 5 heteroatoms. The molecule has 0 radical (unpaired) electrons. The minimum absolute atomic E-state index is 0.0551. The van der Waals surface area contributed by atoms with Crippen molar-refractivity contribution < 1.29 is 14.0 Å². The molecule has 2 amide bonds. The average Bonchev–Trinajstić information content (AvgIpc) is 2.95. The van der Waals surface area contributed by atoms with Crippen LogP contribution in [0.15, 0.2) is 18.2 Å². The number of hydrogen-bond donors (Lipinski definition) is 0. The van der Waals surface area contributed by atoms with Crippen molar-refractivity contribution in [1.29, 1.82) is 0 Å². The summed E-state index contributed by atoms with van der Waals surface area (Å²) in [4.78, 5) is 28.4. The summed E-state index contributed by atoms with van der Waals surface area (Å²) in [6, 6.07) is 3.66. The SMILES string of the molecule is CCC1C(=O)N2CCCC2C(=O)N1c1cc(C)ccc1F. The number of hydrogen-bond acceptors (Lipinski definition) is 2. The standard InChI is InChI=1S/C16H19FN2O2/c1-3-12-15(20)18-8-4-5-13(18)16(21)19(12)14-9-10(2)6-7-11(14)17/h6-7,9,12-13H,3-5,8H2,1-2H3. The third-order valence-electron chi connectivity index (χ3n) is 4.40. The monoisotopic (exact) mass is 290 g/mol. The van der Waals surface area contributed by atoms with Crippen LogP contribution in [-0.4, -0.2) is 35.3 Å². The fourth-order valence-electron chi connectivity index (χ4n) is 3.35. The summed E-state index contributed by atoms with van der Waals surface area (Å²) >= 11 is 0. The van der Waals surface area contributed by atoms with Gasteiger partial charge in [-0.2, -0.15) is 0 Å². The average molecular weight is 290 g/mol. The Morgan fingerprint density at radius 1 is 1.29 bits per heavy atom. The van der Waals surface area contributed by atoms with Gasteiger partial charge in [-0.1, -0.05) is 13.0 Å². The van der Waals surface area contributed by atoms with Gasteiger partial charge in [0, 0.05) is 6.54 Å². The molecule has 4 nitrogen and oxygen atoms in total. The molecule has 1 aromatic rings. The van der Waals surface area contributed by atoms with Gasteiger partial charge in [0.05, 0.1) is 5.69 Å². The zero-order chi connectivity index (χ0) is 15.1. The Balaban J connectivity index is 2.08. The Kier molecular flexibility index (Phi) is 3.43. The summed E-state index contributed by atoms with van der Waals surface area (Å²) < 4.78 is 14.2. The predicted octanol–water partition coefficient (Wildman–Crippen LogP) is 2.25. The molecule has 21 heavy (non-hydrogen) atoms. The van der Waals surface area contributed by atoms with Crippen LogP contribution in [0, 0.1) is 12.7 Å². The molecule has 0 aromatic heterocycles. The smallest absolute Gasteiger partial charge is 0.250 e. The van der Waals surface area contributed by atoms with Crippen LogP contribution in [0.25, 0.3) is 0 Å². The van der Waals surface area contributed by atoms with Gasteiger partial charge in [-0.3, -0.25) is 14.5 Å². The van der Waals surface area contributed by atoms with Gasteiger partial charge < -0.3 is 4.90 Å². The van der Waals surface area contributed by atoms with Crippen molar-refractivity contribution in [2.75, 3.05) is 11.4 Å². The van der Waals surface area contributed by atoms with Crippen LogP contribution in [0.5, 0.6) is 0 Å². The lowest BCUT2D eigenvalue weighted by molar-refractivity contribution is -0.144. The second kappa shape index (κ2) is 5.13. The zero-order valence-electron chi connectivity index (χ0n) is 12.3. The maximum atomic E-state index is 14.2. The molecule has 2 fully saturated rings. The van der Waals surface area contributed by atoms with Crippen LogP contribution < -0.4 is 4.90 Å². The molecule has 2 aliphatic rings. The van der Waals surface area contributed by atoms with Gasteiger partial charge in [-0.25, -0.2) is 4.39 Å². The molecular weight excluding hydrogens is 271 g/mol. The van der Waals surface area contributed by atoms with Crippen molar-refractivity contribution in [2.45, 2.75) is 45.2 Å². The minimum atomic E-state index is -0.594. The lowest BCUT2D eigenvalue weighted by atomic mass is 10.0. The Labute approximate surface area is 123 Å². The number of aryl methyl sites for hydroxylation is 1. The highest BCUT2D eigenvalue weighted by atomic mass is 19.1. The summed E-state index contributed by atoms with van der Waals surface area (Å²) in [5.74, 6) is -0.657. The van der Waals surface area contributed by atoms with Gasteiger partial charge >= 0.3 is 0 Å². The molecule has 2 saturated heterocycles. The van der Waals surface area contributed by atoms with Gasteiger partial charge in [-0.15, -0.1) is 0 Å². The summed E-state index contributed by atoms with van der Waals surface area (Å²) in [6.45, 7) is 4.34. The second-order valence-corrected chi connectivity index (χ2v) is 5.78. The Bertz CT molecular complexity index is 602. The van der Waals surface area contributed by atoms with Crippen LogP contribution in [0.2, 0.25) is 0 Å². The van der Waals surface area contributed by atoms with Gasteiger partial charge in [0.25, 0.3) is 5.91 Å². The molecule has 112 valence electrons. The van der Waals surface area contributed by atoms with E-state index in [4.69, 9.17) is 0 Å². The number of rotatable bonds is 2. The zero-order valence-corrected chi connectivity index (χ0v) is 12.3. The van der Waals surface area contributed by atoms with Crippen molar-refractivity contribution in [2.24, 2.45) is 0 Å². The van der Waals surface area contributed by atoms with E-state index in [1.807, 2.05) is 13.8 Å². The van der Waals surface area contributed by atoms with Gasteiger partial charge in [0.1, 0.15) is 17.9 Å². The van der Waals surface area contributed by atoms with E-state index in [9.17, 15) is 14.0 Å². The number of piperazine rings is 1. The van der Waals surface area contributed by atoms with Gasteiger partial charge in [0.15, 0.2) is 0 Å². The predicted molar refractivity (Wildman–Crippen MR) is 77.4 cm³/mol. The van der Waals surface area contributed by atoms with Crippen LogP contribution in [0.1, 0.15) is 31.7 Å². The minimum Gasteiger partial charge on any atom is -0.329 e. The van der Waals surface area contributed by atoms with Crippen LogP contribution in [-0.2, 0) is 9.59 Å². The van der Waals surface area contributed by atoms with E-state index in [0.29, 0.717) is 19.4 Å². The van der Waals surface area contributed by atoms with Crippen LogP contribution in [0.3, 0.4) is 0 Å². The van der Waals surface area contributed by atoms with E-state index < -0.39 is 17.9 Å². The molecular formula is C16H19FN2O2. The normalized spacial score (nSPS) is 25.5. The molecule has 0 aliphatic carbocycles. The lowest BCUT2D eigenvalue weighted by Gasteiger charge is -2.42. The molecule has 0 N–H and O–H groups in total. The van der Waals surface area contributed by atoms with Gasteiger partial charge in [0.2, 0.25) is 5.91 Å². The number of carbonyl (C=O) groups is 2. The second-order valence-electron chi connectivity index (χ2n) is 5.78. The largest absolute Gasteiger partial charge is 0.329 e. The number of halogens is 1. The fraction of sp³-hybridized carbons (Fsp3) is 0.500. The number of benzene rings is 1. The summed E-state index contributed by atoms with van der Waals surface area (Å²) in [6.07, 6.45) is 1.99. The first kappa shape index (κ1) is 14.0. The van der Waals surface area contributed by atoms with Crippen molar-refractivity contribution in [1.82, 2.24) is 4.90 Å². The number of amides is 2. The van der Waals surface area contributed by atoms with Crippen LogP contribution >= 0.6 is 0 Å². The Hall–Kier alpha value is -1.91. The topological polar surface area (TPSA) is 40.6 Å². The summed E-state index contributed by atoms with van der Waals surface area (Å²) in [7, 11) is 0. The van der Waals surface area contributed by atoms with E-state index in [1.54, 1.807) is 17.0 Å². The van der Waals surface area contributed by atoms with Gasteiger partial charge in [-0.05, 0) is 43.9 Å². The highest BCUT2D eigenvalue weighted by Gasteiger charge is 2.48. The fourth-order valence-corrected chi connectivity index (χ4v) is 3.35. The molecule has 2 unspecified atom stereocenters. The molecule has 3 rings (SSSR count). The molecule has 2 heterocycles. The van der Waals surface area contributed by atoms with E-state index in [0.717, 1.165) is 12.0 Å². The maximum Gasteiger partial charge on any atom is 0.250 e. The van der Waals surface area contributed by atoms with Crippen LogP contribution in [0.4, 0.5) is 10.1 Å². The third kappa shape index (κ3) is 2.11. The number of nitrogens with zero attached hydrogens (tertiary/aromatic N) is 2. The first-order chi connectivity index (χ1) is 10.0. The van der Waals surface area contributed by atoms with Crippen molar-refractivity contribution in [3.8, 4) is 0 Å². The van der Waals surface area contributed by atoms with E-state index in [1.165, 1.54) is 11.0 Å². The first-order valence-electron chi connectivity index (χ1n) is 7.44. The summed E-state index contributed by atoms with van der Waals surface area (Å²) in [5.41, 5.74) is 1.10. The molecule has 1 aromatic carbocycles. The number of anilines is 1. The molecule has 0 spiro atoms. The number of fused-ring (bicyclic) bond motifs is 1. The quantitative estimate of drug-likeness (QED) is 0.838. The first-order valence-corrected chi connectivity index (χ1v) is 7.44. The van der Waals surface area contributed by atoms with Crippen molar-refractivity contribution in [3.05, 3.63) is 29.6 Å². The molecule has 0 bridgehead atoms.